The van der Waals surface area contributed by atoms with Crippen LogP contribution in [-0.2, 0) is 13.1 Å². The van der Waals surface area contributed by atoms with Gasteiger partial charge in [-0.3, -0.25) is 15.1 Å². The molecule has 2 fully saturated rings. The Morgan fingerprint density at radius 1 is 1.03 bits per heavy atom. The summed E-state index contributed by atoms with van der Waals surface area (Å²) in [6, 6.07) is 5.04. The highest BCUT2D eigenvalue weighted by Gasteiger charge is 2.29. The van der Waals surface area contributed by atoms with E-state index in [4.69, 9.17) is 39.5 Å². The Balaban J connectivity index is 1.22. The lowest BCUT2D eigenvalue weighted by atomic mass is 9.95. The van der Waals surface area contributed by atoms with Crippen LogP contribution in [0.3, 0.4) is 0 Å². The average Bonchev–Trinajstić information content (AvgIpc) is 2.82. The zero-order valence-electron chi connectivity index (χ0n) is 20.7. The minimum atomic E-state index is -1.06. The maximum absolute atomic E-state index is 14.0. The van der Waals surface area contributed by atoms with Gasteiger partial charge in [-0.25, -0.2) is 13.8 Å². The molecule has 0 aliphatic carbocycles. The van der Waals surface area contributed by atoms with E-state index in [1.165, 1.54) is 12.1 Å². The summed E-state index contributed by atoms with van der Waals surface area (Å²) in [5.74, 6) is -0.0537. The molecule has 2 aliphatic heterocycles. The van der Waals surface area contributed by atoms with Crippen molar-refractivity contribution in [2.24, 2.45) is 0 Å². The molecular weight excluding hydrogens is 529 g/mol. The van der Waals surface area contributed by atoms with Gasteiger partial charge in [-0.2, -0.15) is 0 Å². The van der Waals surface area contributed by atoms with E-state index >= 15 is 0 Å². The molecule has 1 aromatic carbocycles. The number of nitrogens with one attached hydrogen (secondary N) is 1. The first kappa shape index (κ1) is 27.8. The maximum atomic E-state index is 14.0. The largest absolute Gasteiger partial charge is 0.458 e. The first-order chi connectivity index (χ1) is 17.1. The van der Waals surface area contributed by atoms with Crippen LogP contribution in [0.25, 0.3) is 0 Å². The van der Waals surface area contributed by atoms with E-state index in [9.17, 15) is 8.78 Å². The number of benzene rings is 1. The van der Waals surface area contributed by atoms with Crippen molar-refractivity contribution in [1.82, 2.24) is 20.1 Å². The van der Waals surface area contributed by atoms with E-state index in [-0.39, 0.29) is 17.3 Å². The molecule has 0 saturated carbocycles. The molecule has 0 radical (unpaired) electrons. The standard InChI is InChI=1S/C26H33Cl3F2N4O/c1-17(33-20-3-7-34(8-4-20)16-19-12-24(30)22(28)13-21(19)27)36-25-23(29)11-18(14-32-25)15-35-9-5-26(2,31)6-10-35/h11-14,17,20,33H,3-10,15-16H2,1-2H3/t17-/m0/s1. The third kappa shape index (κ3) is 7.65. The second-order valence-corrected chi connectivity index (χ2v) is 11.4. The summed E-state index contributed by atoms with van der Waals surface area (Å²) in [6.45, 7) is 8.07. The number of piperidine rings is 2. The molecule has 0 unspecified atom stereocenters. The monoisotopic (exact) mass is 560 g/mol. The molecule has 0 bridgehead atoms. The van der Waals surface area contributed by atoms with Crippen molar-refractivity contribution >= 4 is 34.8 Å². The third-order valence-electron chi connectivity index (χ3n) is 7.00. The topological polar surface area (TPSA) is 40.6 Å². The van der Waals surface area contributed by atoms with Gasteiger partial charge in [-0.05, 0) is 81.9 Å². The van der Waals surface area contributed by atoms with Crippen LogP contribution in [0.1, 0.15) is 50.7 Å². The fraction of sp³-hybridized carbons (Fsp3) is 0.577. The molecular formula is C26H33Cl3F2N4O. The fourth-order valence-corrected chi connectivity index (χ4v) is 5.47. The molecule has 198 valence electrons. The first-order valence-electron chi connectivity index (χ1n) is 12.4. The number of hydrogen-bond acceptors (Lipinski definition) is 5. The van der Waals surface area contributed by atoms with Crippen LogP contribution >= 0.6 is 34.8 Å². The maximum Gasteiger partial charge on any atom is 0.234 e. The number of rotatable bonds is 8. The van der Waals surface area contributed by atoms with Crippen LogP contribution in [0.5, 0.6) is 5.88 Å². The van der Waals surface area contributed by atoms with E-state index in [0.717, 1.165) is 50.1 Å². The van der Waals surface area contributed by atoms with Gasteiger partial charge in [-0.1, -0.05) is 34.8 Å². The molecule has 2 aliphatic rings. The number of aromatic nitrogens is 1. The lowest BCUT2D eigenvalue weighted by Gasteiger charge is -2.34. The van der Waals surface area contributed by atoms with Gasteiger partial charge in [0, 0.05) is 43.4 Å². The molecule has 5 nitrogen and oxygen atoms in total. The van der Waals surface area contributed by atoms with Crippen LogP contribution in [0.2, 0.25) is 15.1 Å². The number of hydrogen-bond donors (Lipinski definition) is 1. The minimum absolute atomic E-state index is 0.0395. The van der Waals surface area contributed by atoms with E-state index < -0.39 is 11.5 Å². The van der Waals surface area contributed by atoms with E-state index in [0.29, 0.717) is 41.9 Å². The van der Waals surface area contributed by atoms with Gasteiger partial charge in [0.2, 0.25) is 5.88 Å². The summed E-state index contributed by atoms with van der Waals surface area (Å²) >= 11 is 18.5. The van der Waals surface area contributed by atoms with Crippen molar-refractivity contribution in [2.45, 2.75) is 70.6 Å². The van der Waals surface area contributed by atoms with Gasteiger partial charge in [0.05, 0.1) is 5.02 Å². The van der Waals surface area contributed by atoms with Crippen LogP contribution in [0.4, 0.5) is 8.78 Å². The van der Waals surface area contributed by atoms with Crippen LogP contribution in [-0.4, -0.2) is 58.9 Å². The summed E-state index contributed by atoms with van der Waals surface area (Å²) in [5, 5.41) is 4.49. The Labute approximate surface area is 227 Å². The van der Waals surface area contributed by atoms with Gasteiger partial charge in [0.15, 0.2) is 0 Å². The number of likely N-dealkylation sites (tertiary alicyclic amines) is 2. The van der Waals surface area contributed by atoms with Crippen molar-refractivity contribution in [2.75, 3.05) is 26.2 Å². The molecule has 0 spiro atoms. The number of nitrogens with zero attached hydrogens (tertiary/aromatic N) is 3. The zero-order valence-corrected chi connectivity index (χ0v) is 22.9. The molecule has 36 heavy (non-hydrogen) atoms. The number of halogens is 5. The summed E-state index contributed by atoms with van der Waals surface area (Å²) in [5.41, 5.74) is 0.670. The molecule has 0 amide bonds. The van der Waals surface area contributed by atoms with Gasteiger partial charge < -0.3 is 4.74 Å². The predicted octanol–water partition coefficient (Wildman–Crippen LogP) is 6.48. The molecule has 1 aromatic heterocycles. The Morgan fingerprint density at radius 3 is 2.36 bits per heavy atom. The van der Waals surface area contributed by atoms with Crippen LogP contribution < -0.4 is 10.1 Å². The molecule has 3 heterocycles. The lowest BCUT2D eigenvalue weighted by molar-refractivity contribution is 0.0704. The molecule has 4 rings (SSSR count). The summed E-state index contributed by atoms with van der Waals surface area (Å²) < 4.78 is 33.8. The average molecular weight is 562 g/mol. The van der Waals surface area contributed by atoms with Gasteiger partial charge in [-0.15, -0.1) is 0 Å². The fourth-order valence-electron chi connectivity index (χ4n) is 4.79. The minimum Gasteiger partial charge on any atom is -0.458 e. The second kappa shape index (κ2) is 12.1. The van der Waals surface area contributed by atoms with E-state index in [1.807, 2.05) is 13.0 Å². The Morgan fingerprint density at radius 2 is 1.69 bits per heavy atom. The molecule has 10 heteroatoms. The highest BCUT2D eigenvalue weighted by atomic mass is 35.5. The van der Waals surface area contributed by atoms with Crippen molar-refractivity contribution in [3.8, 4) is 5.88 Å². The number of alkyl halides is 1. The lowest BCUT2D eigenvalue weighted by Crippen LogP contribution is -2.46. The number of pyridine rings is 1. The predicted molar refractivity (Wildman–Crippen MR) is 141 cm³/mol. The molecule has 1 atom stereocenters. The second-order valence-electron chi connectivity index (χ2n) is 10.2. The molecule has 2 saturated heterocycles. The van der Waals surface area contributed by atoms with Gasteiger partial charge in [0.25, 0.3) is 0 Å². The van der Waals surface area contributed by atoms with Crippen molar-refractivity contribution in [3.05, 3.63) is 56.4 Å². The SMILES string of the molecule is C[C@@H](NC1CCN(Cc2cc(F)c(Cl)cc2Cl)CC1)Oc1ncc(CN2CCC(C)(F)CC2)cc1Cl. The van der Waals surface area contributed by atoms with Gasteiger partial charge in [0.1, 0.15) is 22.7 Å². The Hall–Kier alpha value is -1.22. The van der Waals surface area contributed by atoms with E-state index in [2.05, 4.69) is 20.1 Å². The summed E-state index contributed by atoms with van der Waals surface area (Å²) in [4.78, 5) is 8.91. The third-order valence-corrected chi connectivity index (χ3v) is 7.91. The molecule has 2 aromatic rings. The quantitative estimate of drug-likeness (QED) is 0.295. The zero-order chi connectivity index (χ0) is 25.9. The van der Waals surface area contributed by atoms with Crippen molar-refractivity contribution in [3.63, 3.8) is 0 Å². The molecule has 1 N–H and O–H groups in total. The first-order valence-corrected chi connectivity index (χ1v) is 13.6. The summed E-state index contributed by atoms with van der Waals surface area (Å²) in [7, 11) is 0. The Kier molecular flexibility index (Phi) is 9.34. The normalized spacial score (nSPS) is 20.4. The van der Waals surface area contributed by atoms with Crippen LogP contribution in [0.15, 0.2) is 24.4 Å². The Bertz CT molecular complexity index is 1040. The van der Waals surface area contributed by atoms with Crippen molar-refractivity contribution in [1.29, 1.82) is 0 Å². The van der Waals surface area contributed by atoms with Gasteiger partial charge >= 0.3 is 0 Å². The highest BCUT2D eigenvalue weighted by Crippen LogP contribution is 2.29. The van der Waals surface area contributed by atoms with E-state index in [1.54, 1.807) is 13.1 Å². The smallest absolute Gasteiger partial charge is 0.234 e. The van der Waals surface area contributed by atoms with Crippen LogP contribution in [0, 0.1) is 5.82 Å². The summed E-state index contributed by atoms with van der Waals surface area (Å²) in [6.07, 6.45) is 4.46. The highest BCUT2D eigenvalue weighted by molar-refractivity contribution is 6.35. The van der Waals surface area contributed by atoms with Crippen molar-refractivity contribution < 1.29 is 13.5 Å². The number of ether oxygens (including phenoxy) is 1.